The van der Waals surface area contributed by atoms with Crippen LogP contribution < -0.4 is 15.4 Å². The van der Waals surface area contributed by atoms with Crippen LogP contribution in [0.3, 0.4) is 0 Å². The molecule has 1 atom stereocenters. The highest BCUT2D eigenvalue weighted by atomic mass is 19.1. The number of amides is 2. The third-order valence-electron chi connectivity index (χ3n) is 4.90. The van der Waals surface area contributed by atoms with Crippen LogP contribution in [0.1, 0.15) is 35.5 Å². The van der Waals surface area contributed by atoms with E-state index in [1.165, 1.54) is 6.07 Å². The number of halogens is 2. The summed E-state index contributed by atoms with van der Waals surface area (Å²) in [7, 11) is 0. The zero-order valence-electron chi connectivity index (χ0n) is 18.3. The van der Waals surface area contributed by atoms with Crippen molar-refractivity contribution in [1.29, 1.82) is 0 Å². The van der Waals surface area contributed by atoms with Gasteiger partial charge in [0.2, 0.25) is 5.91 Å². The first-order valence-electron chi connectivity index (χ1n) is 10.5. The molecule has 0 saturated heterocycles. The summed E-state index contributed by atoms with van der Waals surface area (Å²) in [5.74, 6) is -3.11. The van der Waals surface area contributed by atoms with Crippen molar-refractivity contribution in [2.24, 2.45) is 5.92 Å². The first kappa shape index (κ1) is 23.8. The van der Waals surface area contributed by atoms with E-state index in [0.29, 0.717) is 12.4 Å². The van der Waals surface area contributed by atoms with Gasteiger partial charge in [-0.25, -0.2) is 8.78 Å². The van der Waals surface area contributed by atoms with E-state index in [-0.39, 0.29) is 12.5 Å². The summed E-state index contributed by atoms with van der Waals surface area (Å²) in [5, 5.41) is 5.20. The van der Waals surface area contributed by atoms with Gasteiger partial charge in [-0.2, -0.15) is 0 Å². The first-order valence-corrected chi connectivity index (χ1v) is 10.5. The Hall–Kier alpha value is -3.81. The summed E-state index contributed by atoms with van der Waals surface area (Å²) < 4.78 is 33.6. The molecule has 3 aromatic rings. The van der Waals surface area contributed by atoms with E-state index in [0.717, 1.165) is 23.4 Å². The van der Waals surface area contributed by atoms with Gasteiger partial charge >= 0.3 is 0 Å². The normalized spacial score (nSPS) is 11.7. The zero-order valence-corrected chi connectivity index (χ0v) is 18.3. The Bertz CT molecular complexity index is 1090. The maximum Gasteiger partial charge on any atom is 0.257 e. The number of nitrogens with one attached hydrogen (secondary N) is 2. The van der Waals surface area contributed by atoms with E-state index < -0.39 is 35.1 Å². The molecule has 2 amide bonds. The molecule has 33 heavy (non-hydrogen) atoms. The summed E-state index contributed by atoms with van der Waals surface area (Å²) in [6.07, 6.45) is 1.69. The lowest BCUT2D eigenvalue weighted by Crippen LogP contribution is -2.49. The number of rotatable bonds is 9. The fourth-order valence-corrected chi connectivity index (χ4v) is 3.15. The number of benzene rings is 2. The number of pyridine rings is 1. The minimum absolute atomic E-state index is 0.187. The van der Waals surface area contributed by atoms with Crippen molar-refractivity contribution in [2.75, 3.05) is 0 Å². The Morgan fingerprint density at radius 3 is 2.39 bits per heavy atom. The molecule has 172 valence electrons. The van der Waals surface area contributed by atoms with Crippen LogP contribution in [0.25, 0.3) is 0 Å². The largest absolute Gasteiger partial charge is 0.487 e. The Labute approximate surface area is 191 Å². The van der Waals surface area contributed by atoms with Crippen molar-refractivity contribution >= 4 is 11.8 Å². The van der Waals surface area contributed by atoms with Crippen LogP contribution in [0.5, 0.6) is 5.75 Å². The SMILES string of the molecule is CC(C)[C@H](NC(=O)c1c(F)cccc1F)C(=O)NCc1cccc(OCc2ccccn2)c1. The van der Waals surface area contributed by atoms with Crippen molar-refractivity contribution in [1.82, 2.24) is 15.6 Å². The molecular weight excluding hydrogens is 428 g/mol. The van der Waals surface area contributed by atoms with Gasteiger partial charge in [0.25, 0.3) is 5.91 Å². The molecule has 1 aromatic heterocycles. The predicted octanol–water partition coefficient (Wildman–Crippen LogP) is 4.01. The second kappa shape index (κ2) is 11.2. The van der Waals surface area contributed by atoms with E-state index in [9.17, 15) is 18.4 Å². The Kier molecular flexibility index (Phi) is 8.07. The Morgan fingerprint density at radius 1 is 1.00 bits per heavy atom. The highest BCUT2D eigenvalue weighted by molar-refractivity contribution is 5.98. The van der Waals surface area contributed by atoms with E-state index in [2.05, 4.69) is 15.6 Å². The molecule has 0 unspecified atom stereocenters. The maximum atomic E-state index is 13.9. The summed E-state index contributed by atoms with van der Waals surface area (Å²) in [6, 6.07) is 15.0. The van der Waals surface area contributed by atoms with Crippen molar-refractivity contribution in [2.45, 2.75) is 33.0 Å². The molecule has 0 spiro atoms. The lowest BCUT2D eigenvalue weighted by atomic mass is 10.0. The monoisotopic (exact) mass is 453 g/mol. The van der Waals surface area contributed by atoms with Gasteiger partial charge in [0, 0.05) is 12.7 Å². The highest BCUT2D eigenvalue weighted by Crippen LogP contribution is 2.16. The number of hydrogen-bond donors (Lipinski definition) is 2. The molecule has 0 aliphatic carbocycles. The second-order valence-corrected chi connectivity index (χ2v) is 7.77. The lowest BCUT2D eigenvalue weighted by Gasteiger charge is -2.22. The maximum absolute atomic E-state index is 13.9. The standard InChI is InChI=1S/C25H25F2N3O3/c1-16(2)23(30-24(31)22-20(26)10-6-11-21(22)27)25(32)29-14-17-7-5-9-19(13-17)33-15-18-8-3-4-12-28-18/h3-13,16,23H,14-15H2,1-2H3,(H,29,32)(H,30,31)/t23-/m0/s1. The molecular formula is C25H25F2N3O3. The third-order valence-corrected chi connectivity index (χ3v) is 4.90. The van der Waals surface area contributed by atoms with Crippen molar-refractivity contribution < 1.29 is 23.1 Å². The highest BCUT2D eigenvalue weighted by Gasteiger charge is 2.27. The number of carbonyl (C=O) groups is 2. The van der Waals surface area contributed by atoms with Crippen LogP contribution in [-0.2, 0) is 17.9 Å². The molecule has 8 heteroatoms. The molecule has 3 rings (SSSR count). The van der Waals surface area contributed by atoms with Gasteiger partial charge in [-0.1, -0.05) is 38.1 Å². The Morgan fingerprint density at radius 2 is 1.73 bits per heavy atom. The second-order valence-electron chi connectivity index (χ2n) is 7.77. The van der Waals surface area contributed by atoms with Gasteiger partial charge in [-0.05, 0) is 47.9 Å². The molecule has 2 N–H and O–H groups in total. The summed E-state index contributed by atoms with van der Waals surface area (Å²) in [4.78, 5) is 29.4. The van der Waals surface area contributed by atoms with Crippen LogP contribution >= 0.6 is 0 Å². The number of ether oxygens (including phenoxy) is 1. The van der Waals surface area contributed by atoms with Crippen LogP contribution in [0.4, 0.5) is 8.78 Å². The minimum Gasteiger partial charge on any atom is -0.487 e. The number of carbonyl (C=O) groups excluding carboxylic acids is 2. The Balaban J connectivity index is 1.60. The van der Waals surface area contributed by atoms with Crippen LogP contribution in [0.2, 0.25) is 0 Å². The van der Waals surface area contributed by atoms with E-state index in [1.54, 1.807) is 38.2 Å². The topological polar surface area (TPSA) is 80.3 Å². The quantitative estimate of drug-likeness (QED) is 0.513. The van der Waals surface area contributed by atoms with Crippen LogP contribution in [0.15, 0.2) is 66.9 Å². The number of nitrogens with zero attached hydrogens (tertiary/aromatic N) is 1. The van der Waals surface area contributed by atoms with Crippen molar-refractivity contribution in [3.05, 3.63) is 95.3 Å². The molecule has 0 saturated carbocycles. The zero-order chi connectivity index (χ0) is 23.8. The summed E-state index contributed by atoms with van der Waals surface area (Å²) in [5.41, 5.74) is 0.863. The number of hydrogen-bond acceptors (Lipinski definition) is 4. The van der Waals surface area contributed by atoms with Gasteiger partial charge in [0.1, 0.15) is 35.6 Å². The molecule has 0 aliphatic rings. The lowest BCUT2D eigenvalue weighted by molar-refractivity contribution is -0.124. The average molecular weight is 453 g/mol. The summed E-state index contributed by atoms with van der Waals surface area (Å²) >= 11 is 0. The third kappa shape index (κ3) is 6.58. The van der Waals surface area contributed by atoms with Gasteiger partial charge in [0.15, 0.2) is 0 Å². The average Bonchev–Trinajstić information content (AvgIpc) is 2.80. The fourth-order valence-electron chi connectivity index (χ4n) is 3.15. The number of aromatic nitrogens is 1. The van der Waals surface area contributed by atoms with E-state index in [1.807, 2.05) is 24.3 Å². The van der Waals surface area contributed by atoms with E-state index in [4.69, 9.17) is 4.74 Å². The van der Waals surface area contributed by atoms with Crippen LogP contribution in [-0.4, -0.2) is 22.8 Å². The molecule has 0 fully saturated rings. The molecule has 6 nitrogen and oxygen atoms in total. The fraction of sp³-hybridized carbons (Fsp3) is 0.240. The molecule has 0 radical (unpaired) electrons. The van der Waals surface area contributed by atoms with Gasteiger partial charge in [-0.15, -0.1) is 0 Å². The van der Waals surface area contributed by atoms with E-state index >= 15 is 0 Å². The van der Waals surface area contributed by atoms with Crippen molar-refractivity contribution in [3.63, 3.8) is 0 Å². The molecule has 0 bridgehead atoms. The van der Waals surface area contributed by atoms with Gasteiger partial charge < -0.3 is 15.4 Å². The van der Waals surface area contributed by atoms with Gasteiger partial charge in [-0.3, -0.25) is 14.6 Å². The van der Waals surface area contributed by atoms with Crippen molar-refractivity contribution in [3.8, 4) is 5.75 Å². The molecule has 2 aromatic carbocycles. The molecule has 0 aliphatic heterocycles. The van der Waals surface area contributed by atoms with Gasteiger partial charge in [0.05, 0.1) is 5.69 Å². The minimum atomic E-state index is -0.988. The molecule has 1 heterocycles. The predicted molar refractivity (Wildman–Crippen MR) is 119 cm³/mol. The smallest absolute Gasteiger partial charge is 0.257 e. The van der Waals surface area contributed by atoms with Crippen LogP contribution in [0, 0.1) is 17.6 Å². The summed E-state index contributed by atoms with van der Waals surface area (Å²) in [6.45, 7) is 3.96. The first-order chi connectivity index (χ1) is 15.8.